The summed E-state index contributed by atoms with van der Waals surface area (Å²) in [6.45, 7) is 4.14. The number of rotatable bonds is 21. The molecule has 2 aromatic rings. The number of carbonyl (C=O) groups is 1. The predicted molar refractivity (Wildman–Crippen MR) is 173 cm³/mol. The third-order valence-corrected chi connectivity index (χ3v) is 9.02. The van der Waals surface area contributed by atoms with Crippen molar-refractivity contribution in [3.63, 3.8) is 0 Å². The number of carbonyl (C=O) groups excluding carboxylic acids is 1. The Kier molecular flexibility index (Phi) is 15.1. The Morgan fingerprint density at radius 1 is 0.818 bits per heavy atom. The highest BCUT2D eigenvalue weighted by atomic mass is 19.1. The van der Waals surface area contributed by atoms with Gasteiger partial charge in [-0.25, -0.2) is 4.39 Å². The molecule has 0 bridgehead atoms. The van der Waals surface area contributed by atoms with Crippen LogP contribution in [0.5, 0.6) is 17.2 Å². The van der Waals surface area contributed by atoms with E-state index in [9.17, 15) is 9.18 Å². The molecular formula is C37H54FNO5. The fourth-order valence-electron chi connectivity index (χ4n) is 6.40. The van der Waals surface area contributed by atoms with Crippen LogP contribution < -0.4 is 14.2 Å². The van der Waals surface area contributed by atoms with E-state index in [1.165, 1.54) is 95.6 Å². The molecule has 0 amide bonds. The molecule has 2 atom stereocenters. The summed E-state index contributed by atoms with van der Waals surface area (Å²) < 4.78 is 30.7. The summed E-state index contributed by atoms with van der Waals surface area (Å²) >= 11 is 0. The van der Waals surface area contributed by atoms with Crippen LogP contribution in [0.15, 0.2) is 42.5 Å². The summed E-state index contributed by atoms with van der Waals surface area (Å²) in [5, 5.41) is 1.79. The number of nitrogens with zero attached hydrogens (tertiary/aromatic N) is 1. The molecule has 2 aliphatic heterocycles. The summed E-state index contributed by atoms with van der Waals surface area (Å²) in [7, 11) is 0. The van der Waals surface area contributed by atoms with Crippen LogP contribution in [0, 0.1) is 11.7 Å². The highest BCUT2D eigenvalue weighted by molar-refractivity contribution is 5.68. The number of hydroxylamine groups is 2. The largest absolute Gasteiger partial charge is 0.493 e. The van der Waals surface area contributed by atoms with E-state index in [0.717, 1.165) is 24.8 Å². The van der Waals surface area contributed by atoms with E-state index in [1.54, 1.807) is 5.06 Å². The number of hydrogen-bond donors (Lipinski definition) is 0. The molecule has 1 fully saturated rings. The minimum Gasteiger partial charge on any atom is -0.493 e. The standard InChI is InChI=1S/C37H54FNO5/c1-2-3-4-5-6-7-8-9-10-11-12-13-14-15-16-17-37(40)44-39-25-24-34(30-18-20-32(38)21-19-30)31(27-39)28-41-33-22-23-35-36(26-33)43-29-42-35/h18-23,26,31,34H,2-17,24-25,27-29H2,1H3/t31-,34-/m0/s1. The zero-order valence-electron chi connectivity index (χ0n) is 26.9. The molecule has 7 heteroatoms. The van der Waals surface area contributed by atoms with Gasteiger partial charge in [-0.1, -0.05) is 109 Å². The molecule has 0 radical (unpaired) electrons. The fourth-order valence-corrected chi connectivity index (χ4v) is 6.40. The van der Waals surface area contributed by atoms with Gasteiger partial charge in [0.25, 0.3) is 0 Å². The Hall–Kier alpha value is -2.80. The summed E-state index contributed by atoms with van der Waals surface area (Å²) in [5.74, 6) is 1.94. The molecule has 2 aromatic carbocycles. The normalized spacial score (nSPS) is 18.0. The lowest BCUT2D eigenvalue weighted by Crippen LogP contribution is -2.42. The van der Waals surface area contributed by atoms with Crippen LogP contribution >= 0.6 is 0 Å². The van der Waals surface area contributed by atoms with Crippen molar-refractivity contribution in [2.45, 2.75) is 122 Å². The smallest absolute Gasteiger partial charge is 0.325 e. The maximum absolute atomic E-state index is 13.6. The van der Waals surface area contributed by atoms with Gasteiger partial charge in [0.05, 0.1) is 6.61 Å². The van der Waals surface area contributed by atoms with Gasteiger partial charge in [0.1, 0.15) is 11.6 Å². The number of benzene rings is 2. The van der Waals surface area contributed by atoms with Crippen LogP contribution in [0.3, 0.4) is 0 Å². The molecule has 4 rings (SSSR count). The van der Waals surface area contributed by atoms with Gasteiger partial charge >= 0.3 is 5.97 Å². The lowest BCUT2D eigenvalue weighted by Gasteiger charge is -2.37. The molecule has 0 saturated carbocycles. The third-order valence-electron chi connectivity index (χ3n) is 9.02. The Bertz CT molecular complexity index is 1090. The van der Waals surface area contributed by atoms with Gasteiger partial charge in [0, 0.05) is 31.5 Å². The van der Waals surface area contributed by atoms with E-state index < -0.39 is 0 Å². The molecule has 2 aliphatic rings. The summed E-state index contributed by atoms with van der Waals surface area (Å²) in [6, 6.07) is 12.3. The van der Waals surface area contributed by atoms with Crippen molar-refractivity contribution in [2.75, 3.05) is 26.5 Å². The average molecular weight is 612 g/mol. The average Bonchev–Trinajstić information content (AvgIpc) is 3.51. The van der Waals surface area contributed by atoms with E-state index >= 15 is 0 Å². The van der Waals surface area contributed by atoms with E-state index in [2.05, 4.69) is 6.92 Å². The second kappa shape index (κ2) is 19.6. The first-order chi connectivity index (χ1) is 21.6. The predicted octanol–water partition coefficient (Wildman–Crippen LogP) is 9.76. The van der Waals surface area contributed by atoms with Gasteiger partial charge in [-0.2, -0.15) is 0 Å². The highest BCUT2D eigenvalue weighted by Gasteiger charge is 2.33. The first-order valence-corrected chi connectivity index (χ1v) is 17.4. The third kappa shape index (κ3) is 11.9. The Morgan fingerprint density at radius 3 is 2.09 bits per heavy atom. The molecule has 2 heterocycles. The molecule has 6 nitrogen and oxygen atoms in total. The summed E-state index contributed by atoms with van der Waals surface area (Å²) in [4.78, 5) is 18.5. The number of fused-ring (bicyclic) bond motifs is 1. The van der Waals surface area contributed by atoms with Crippen LogP contribution in [-0.2, 0) is 9.63 Å². The van der Waals surface area contributed by atoms with Crippen LogP contribution in [0.4, 0.5) is 4.39 Å². The molecular weight excluding hydrogens is 557 g/mol. The van der Waals surface area contributed by atoms with Crippen molar-refractivity contribution < 1.29 is 28.2 Å². The van der Waals surface area contributed by atoms with Gasteiger partial charge in [-0.05, 0) is 48.6 Å². The van der Waals surface area contributed by atoms with Crippen molar-refractivity contribution in [1.82, 2.24) is 5.06 Å². The van der Waals surface area contributed by atoms with Crippen LogP contribution in [0.1, 0.15) is 128 Å². The van der Waals surface area contributed by atoms with Gasteiger partial charge in [0.2, 0.25) is 6.79 Å². The fraction of sp³-hybridized carbons (Fsp3) is 0.649. The van der Waals surface area contributed by atoms with Crippen LogP contribution in [0.25, 0.3) is 0 Å². The molecule has 44 heavy (non-hydrogen) atoms. The lowest BCUT2D eigenvalue weighted by molar-refractivity contribution is -0.200. The van der Waals surface area contributed by atoms with Crippen LogP contribution in [-0.4, -0.2) is 37.5 Å². The maximum atomic E-state index is 13.6. The lowest BCUT2D eigenvalue weighted by atomic mass is 9.81. The van der Waals surface area contributed by atoms with Crippen molar-refractivity contribution >= 4 is 5.97 Å². The molecule has 244 valence electrons. The minimum atomic E-state index is -0.243. The van der Waals surface area contributed by atoms with E-state index in [-0.39, 0.29) is 30.4 Å². The molecule has 0 aliphatic carbocycles. The Morgan fingerprint density at radius 2 is 1.43 bits per heavy atom. The van der Waals surface area contributed by atoms with Gasteiger partial charge in [-0.15, -0.1) is 5.06 Å². The van der Waals surface area contributed by atoms with Gasteiger partial charge in [0.15, 0.2) is 11.5 Å². The van der Waals surface area contributed by atoms with E-state index in [4.69, 9.17) is 19.0 Å². The number of ether oxygens (including phenoxy) is 3. The van der Waals surface area contributed by atoms with Gasteiger partial charge < -0.3 is 19.0 Å². The molecule has 0 aromatic heterocycles. The Labute approximate surface area is 264 Å². The van der Waals surface area contributed by atoms with Crippen molar-refractivity contribution in [3.8, 4) is 17.2 Å². The zero-order chi connectivity index (χ0) is 30.8. The monoisotopic (exact) mass is 611 g/mol. The summed E-state index contributed by atoms with van der Waals surface area (Å²) in [5.41, 5.74) is 1.08. The van der Waals surface area contributed by atoms with E-state index in [1.807, 2.05) is 30.3 Å². The second-order valence-electron chi connectivity index (χ2n) is 12.6. The van der Waals surface area contributed by atoms with Crippen molar-refractivity contribution in [3.05, 3.63) is 53.8 Å². The molecule has 0 N–H and O–H groups in total. The zero-order valence-corrected chi connectivity index (χ0v) is 26.9. The summed E-state index contributed by atoms with van der Waals surface area (Å²) in [6.07, 6.45) is 20.8. The second-order valence-corrected chi connectivity index (χ2v) is 12.6. The van der Waals surface area contributed by atoms with E-state index in [0.29, 0.717) is 43.4 Å². The molecule has 1 saturated heterocycles. The topological polar surface area (TPSA) is 57.2 Å². The highest BCUT2D eigenvalue weighted by Crippen LogP contribution is 2.37. The van der Waals surface area contributed by atoms with Crippen LogP contribution in [0.2, 0.25) is 0 Å². The number of unbranched alkanes of at least 4 members (excludes halogenated alkanes) is 14. The quantitative estimate of drug-likeness (QED) is 0.131. The first-order valence-electron chi connectivity index (χ1n) is 17.4. The maximum Gasteiger partial charge on any atom is 0.325 e. The molecule has 0 spiro atoms. The SMILES string of the molecule is CCCCCCCCCCCCCCCCCC(=O)ON1CC[C@@H](c2ccc(F)cc2)[C@H](COc2ccc3c(c2)OCO3)C1. The molecule has 0 unspecified atom stereocenters. The van der Waals surface area contributed by atoms with Crippen molar-refractivity contribution in [1.29, 1.82) is 0 Å². The first kappa shape index (κ1) is 34.1. The Balaban J connectivity index is 1.11. The van der Waals surface area contributed by atoms with Crippen molar-refractivity contribution in [2.24, 2.45) is 5.92 Å². The number of piperidine rings is 1. The number of halogens is 1. The number of hydrogen-bond acceptors (Lipinski definition) is 6. The van der Waals surface area contributed by atoms with Gasteiger partial charge in [-0.3, -0.25) is 4.79 Å². The minimum absolute atomic E-state index is 0.0678.